The zero-order valence-electron chi connectivity index (χ0n) is 19.8. The second-order valence-corrected chi connectivity index (χ2v) is 9.49. The van der Waals surface area contributed by atoms with Crippen molar-refractivity contribution in [2.45, 2.75) is 51.5 Å². The van der Waals surface area contributed by atoms with E-state index in [2.05, 4.69) is 29.6 Å². The molecule has 2 aromatic rings. The molecular weight excluding hydrogens is 432 g/mol. The number of aliphatic carboxylic acids is 1. The van der Waals surface area contributed by atoms with Crippen LogP contribution in [0.1, 0.15) is 56.6 Å². The molecule has 1 saturated heterocycles. The number of hydrogen-bond acceptors (Lipinski definition) is 4. The van der Waals surface area contributed by atoms with Gasteiger partial charge in [0.15, 0.2) is 0 Å². The standard InChI is InChI=1S/C27H32N2O5/c1-3-27(2,25(32)29-14-8-9-18(29)15-24(30)31)17-28-26(33)34-16-23-21-12-6-4-10-19(21)20-11-5-7-13-22(20)23/h4-7,10-13,18,23H,3,8-9,14-17H2,1-2H3,(H,28,33)(H,30,31)/t18-,27?/m0/s1. The van der Waals surface area contributed by atoms with Crippen LogP contribution >= 0.6 is 0 Å². The van der Waals surface area contributed by atoms with Gasteiger partial charge in [0.1, 0.15) is 6.61 Å². The molecule has 0 radical (unpaired) electrons. The summed E-state index contributed by atoms with van der Waals surface area (Å²) in [7, 11) is 0. The first-order chi connectivity index (χ1) is 16.3. The van der Waals surface area contributed by atoms with Crippen LogP contribution in [0.3, 0.4) is 0 Å². The fourth-order valence-corrected chi connectivity index (χ4v) is 5.13. The highest BCUT2D eigenvalue weighted by atomic mass is 16.5. The molecule has 0 bridgehead atoms. The van der Waals surface area contributed by atoms with Gasteiger partial charge in [0.2, 0.25) is 5.91 Å². The van der Waals surface area contributed by atoms with Crippen LogP contribution in [0.25, 0.3) is 11.1 Å². The van der Waals surface area contributed by atoms with Crippen molar-refractivity contribution in [3.8, 4) is 11.1 Å². The SMILES string of the molecule is CCC(C)(CNC(=O)OCC1c2ccccc2-c2ccccc21)C(=O)N1CCC[C@H]1CC(=O)O. The first kappa shape index (κ1) is 23.8. The van der Waals surface area contributed by atoms with Gasteiger partial charge >= 0.3 is 12.1 Å². The molecule has 2 N–H and O–H groups in total. The summed E-state index contributed by atoms with van der Waals surface area (Å²) < 4.78 is 5.61. The molecule has 1 fully saturated rings. The zero-order valence-corrected chi connectivity index (χ0v) is 19.8. The highest BCUT2D eigenvalue weighted by Gasteiger charge is 2.40. The number of amides is 2. The molecule has 0 aromatic heterocycles. The van der Waals surface area contributed by atoms with E-state index in [1.807, 2.05) is 38.1 Å². The lowest BCUT2D eigenvalue weighted by molar-refractivity contribution is -0.144. The van der Waals surface area contributed by atoms with Crippen molar-refractivity contribution < 1.29 is 24.2 Å². The molecule has 1 heterocycles. The largest absolute Gasteiger partial charge is 0.481 e. The van der Waals surface area contributed by atoms with E-state index in [9.17, 15) is 14.4 Å². The Morgan fingerprint density at radius 1 is 1.09 bits per heavy atom. The van der Waals surface area contributed by atoms with Crippen molar-refractivity contribution in [1.29, 1.82) is 0 Å². The van der Waals surface area contributed by atoms with E-state index in [0.29, 0.717) is 19.4 Å². The number of rotatable bonds is 8. The van der Waals surface area contributed by atoms with E-state index in [1.165, 1.54) is 0 Å². The second kappa shape index (κ2) is 9.87. The third kappa shape index (κ3) is 4.65. The number of carboxylic acids is 1. The van der Waals surface area contributed by atoms with Gasteiger partial charge in [-0.05, 0) is 48.4 Å². The molecule has 180 valence electrons. The van der Waals surface area contributed by atoms with Gasteiger partial charge in [-0.15, -0.1) is 0 Å². The van der Waals surface area contributed by atoms with Crippen LogP contribution in [0.15, 0.2) is 48.5 Å². The average Bonchev–Trinajstić information content (AvgIpc) is 3.42. The predicted molar refractivity (Wildman–Crippen MR) is 128 cm³/mol. The van der Waals surface area contributed by atoms with E-state index in [0.717, 1.165) is 28.7 Å². The number of nitrogens with one attached hydrogen (secondary N) is 1. The van der Waals surface area contributed by atoms with Crippen molar-refractivity contribution in [2.75, 3.05) is 19.7 Å². The fourth-order valence-electron chi connectivity index (χ4n) is 5.13. The Morgan fingerprint density at radius 2 is 1.71 bits per heavy atom. The number of fused-ring (bicyclic) bond motifs is 3. The summed E-state index contributed by atoms with van der Waals surface area (Å²) in [5, 5.41) is 12.0. The van der Waals surface area contributed by atoms with Gasteiger partial charge in [0.05, 0.1) is 11.8 Å². The van der Waals surface area contributed by atoms with Gasteiger partial charge < -0.3 is 20.1 Å². The molecule has 2 aliphatic rings. The lowest BCUT2D eigenvalue weighted by Gasteiger charge is -2.34. The van der Waals surface area contributed by atoms with Crippen LogP contribution in [-0.4, -0.2) is 53.7 Å². The number of benzene rings is 2. The number of carbonyl (C=O) groups excluding carboxylic acids is 2. The van der Waals surface area contributed by atoms with Gasteiger partial charge in [0.25, 0.3) is 0 Å². The third-order valence-corrected chi connectivity index (χ3v) is 7.31. The molecule has 2 aromatic carbocycles. The summed E-state index contributed by atoms with van der Waals surface area (Å²) in [5.74, 6) is -1.05. The first-order valence-electron chi connectivity index (χ1n) is 12.0. The molecular formula is C27H32N2O5. The van der Waals surface area contributed by atoms with Gasteiger partial charge in [0, 0.05) is 25.0 Å². The monoisotopic (exact) mass is 464 g/mol. The molecule has 0 spiro atoms. The van der Waals surface area contributed by atoms with Crippen LogP contribution in [-0.2, 0) is 14.3 Å². The number of hydrogen-bond donors (Lipinski definition) is 2. The molecule has 34 heavy (non-hydrogen) atoms. The first-order valence-corrected chi connectivity index (χ1v) is 12.0. The third-order valence-electron chi connectivity index (χ3n) is 7.31. The van der Waals surface area contributed by atoms with E-state index < -0.39 is 17.5 Å². The maximum absolute atomic E-state index is 13.3. The van der Waals surface area contributed by atoms with Crippen LogP contribution in [0.2, 0.25) is 0 Å². The molecule has 1 aliphatic heterocycles. The smallest absolute Gasteiger partial charge is 0.407 e. The van der Waals surface area contributed by atoms with Gasteiger partial charge in [-0.3, -0.25) is 9.59 Å². The quantitative estimate of drug-likeness (QED) is 0.603. The number of ether oxygens (including phenoxy) is 1. The molecule has 7 nitrogen and oxygen atoms in total. The van der Waals surface area contributed by atoms with Crippen LogP contribution in [0.4, 0.5) is 4.79 Å². The van der Waals surface area contributed by atoms with Crippen molar-refractivity contribution >= 4 is 18.0 Å². The van der Waals surface area contributed by atoms with Crippen molar-refractivity contribution in [1.82, 2.24) is 10.2 Å². The molecule has 0 saturated carbocycles. The zero-order chi connectivity index (χ0) is 24.3. The van der Waals surface area contributed by atoms with E-state index in [-0.39, 0.29) is 37.4 Å². The van der Waals surface area contributed by atoms with E-state index >= 15 is 0 Å². The Bertz CT molecular complexity index is 1040. The lowest BCUT2D eigenvalue weighted by Crippen LogP contribution is -2.50. The molecule has 2 amide bonds. The van der Waals surface area contributed by atoms with Gasteiger partial charge in [-0.25, -0.2) is 4.79 Å². The molecule has 1 unspecified atom stereocenters. The molecule has 1 aliphatic carbocycles. The van der Waals surface area contributed by atoms with Crippen molar-refractivity contribution in [3.63, 3.8) is 0 Å². The summed E-state index contributed by atoms with van der Waals surface area (Å²) in [6.07, 6.45) is 1.40. The number of nitrogens with zero attached hydrogens (tertiary/aromatic N) is 1. The summed E-state index contributed by atoms with van der Waals surface area (Å²) in [6, 6.07) is 16.0. The molecule has 2 atom stereocenters. The summed E-state index contributed by atoms with van der Waals surface area (Å²) in [4.78, 5) is 38.7. The highest BCUT2D eigenvalue weighted by molar-refractivity contribution is 5.84. The summed E-state index contributed by atoms with van der Waals surface area (Å²) in [6.45, 7) is 4.62. The van der Waals surface area contributed by atoms with Crippen molar-refractivity contribution in [3.05, 3.63) is 59.7 Å². The molecule has 4 rings (SSSR count). The average molecular weight is 465 g/mol. The normalized spacial score (nSPS) is 18.6. The Morgan fingerprint density at radius 3 is 2.29 bits per heavy atom. The fraction of sp³-hybridized carbons (Fsp3) is 0.444. The van der Waals surface area contributed by atoms with Crippen LogP contribution in [0.5, 0.6) is 0 Å². The topological polar surface area (TPSA) is 95.9 Å². The highest BCUT2D eigenvalue weighted by Crippen LogP contribution is 2.44. The van der Waals surface area contributed by atoms with E-state index in [1.54, 1.807) is 4.90 Å². The number of likely N-dealkylation sites (tertiary alicyclic amines) is 1. The van der Waals surface area contributed by atoms with Crippen LogP contribution in [0, 0.1) is 5.41 Å². The Kier molecular flexibility index (Phi) is 6.91. The van der Waals surface area contributed by atoms with Crippen molar-refractivity contribution in [2.24, 2.45) is 5.41 Å². The Hall–Kier alpha value is -3.35. The van der Waals surface area contributed by atoms with Gasteiger partial charge in [-0.2, -0.15) is 0 Å². The minimum absolute atomic E-state index is 0.0290. The minimum Gasteiger partial charge on any atom is -0.481 e. The number of carboxylic acid groups (broad SMARTS) is 1. The van der Waals surface area contributed by atoms with E-state index in [4.69, 9.17) is 9.84 Å². The predicted octanol–water partition coefficient (Wildman–Crippen LogP) is 4.41. The summed E-state index contributed by atoms with van der Waals surface area (Å²) >= 11 is 0. The maximum Gasteiger partial charge on any atom is 0.407 e. The Balaban J connectivity index is 1.37. The van der Waals surface area contributed by atoms with Gasteiger partial charge in [-0.1, -0.05) is 55.5 Å². The number of carbonyl (C=O) groups is 3. The lowest BCUT2D eigenvalue weighted by atomic mass is 9.85. The number of alkyl carbamates (subject to hydrolysis) is 1. The van der Waals surface area contributed by atoms with Crippen LogP contribution < -0.4 is 5.32 Å². The maximum atomic E-state index is 13.3. The second-order valence-electron chi connectivity index (χ2n) is 9.49. The Labute approximate surface area is 200 Å². The summed E-state index contributed by atoms with van der Waals surface area (Å²) in [5.41, 5.74) is 3.79. The minimum atomic E-state index is -0.903. The molecule has 7 heteroatoms.